The number of nitrogens with zero attached hydrogens (tertiary/aromatic N) is 1. The van der Waals surface area contributed by atoms with E-state index in [1.807, 2.05) is 31.2 Å². The molecule has 1 aromatic carbocycles. The van der Waals surface area contributed by atoms with E-state index in [4.69, 9.17) is 16.3 Å². The van der Waals surface area contributed by atoms with Crippen LogP contribution in [0.1, 0.15) is 36.2 Å². The summed E-state index contributed by atoms with van der Waals surface area (Å²) >= 11 is 11.3. The molecule has 26 heavy (non-hydrogen) atoms. The molecule has 0 saturated carbocycles. The molecule has 2 unspecified atom stereocenters. The molecule has 1 saturated heterocycles. The van der Waals surface area contributed by atoms with Crippen LogP contribution < -0.4 is 4.74 Å². The molecule has 1 aromatic heterocycles. The van der Waals surface area contributed by atoms with E-state index in [-0.39, 0.29) is 12.0 Å². The highest BCUT2D eigenvalue weighted by molar-refractivity contribution is 9.10. The van der Waals surface area contributed by atoms with Gasteiger partial charge in [-0.15, -0.1) is 11.3 Å². The number of ether oxygens (including phenoxy) is 1. The monoisotopic (exact) mass is 457 g/mol. The molecule has 1 aliphatic heterocycles. The van der Waals surface area contributed by atoms with Crippen LogP contribution >= 0.6 is 38.9 Å². The Hall–Kier alpha value is -1.08. The fraction of sp³-hybridized carbons (Fsp3) is 0.421. The van der Waals surface area contributed by atoms with Gasteiger partial charge in [-0.05, 0) is 56.6 Å². The van der Waals surface area contributed by atoms with Gasteiger partial charge in [0.05, 0.1) is 22.9 Å². The highest BCUT2D eigenvalue weighted by Gasteiger charge is 2.33. The van der Waals surface area contributed by atoms with Gasteiger partial charge in [0.15, 0.2) is 0 Å². The van der Waals surface area contributed by atoms with E-state index in [2.05, 4.69) is 26.9 Å². The summed E-state index contributed by atoms with van der Waals surface area (Å²) in [4.78, 5) is 14.9. The molecule has 0 radical (unpaired) electrons. The van der Waals surface area contributed by atoms with Crippen LogP contribution in [0.2, 0.25) is 4.34 Å². The first kappa shape index (κ1) is 19.7. The van der Waals surface area contributed by atoms with Gasteiger partial charge in [-0.3, -0.25) is 9.69 Å². The first-order valence-corrected chi connectivity index (χ1v) is 10.6. The third-order valence-corrected chi connectivity index (χ3v) is 6.37. The summed E-state index contributed by atoms with van der Waals surface area (Å²) < 4.78 is 7.57. The van der Waals surface area contributed by atoms with Gasteiger partial charge in [0.1, 0.15) is 5.75 Å². The van der Waals surface area contributed by atoms with Crippen molar-refractivity contribution >= 4 is 44.8 Å². The Morgan fingerprint density at radius 3 is 2.92 bits per heavy atom. The van der Waals surface area contributed by atoms with Crippen molar-refractivity contribution in [1.82, 2.24) is 4.90 Å². The molecule has 2 atom stereocenters. The molecule has 1 aliphatic rings. The predicted molar refractivity (Wildman–Crippen MR) is 108 cm³/mol. The number of rotatable bonds is 6. The van der Waals surface area contributed by atoms with Crippen LogP contribution in [-0.2, 0) is 4.79 Å². The number of carboxylic acids is 1. The highest BCUT2D eigenvalue weighted by atomic mass is 79.9. The summed E-state index contributed by atoms with van der Waals surface area (Å²) in [7, 11) is 0. The Morgan fingerprint density at radius 2 is 2.27 bits per heavy atom. The second kappa shape index (κ2) is 8.74. The lowest BCUT2D eigenvalue weighted by molar-refractivity contribution is -0.143. The van der Waals surface area contributed by atoms with Crippen molar-refractivity contribution in [3.8, 4) is 5.75 Å². The smallest absolute Gasteiger partial charge is 0.307 e. The second-order valence-electron chi connectivity index (χ2n) is 6.33. The average Bonchev–Trinajstić information content (AvgIpc) is 3.04. The zero-order chi connectivity index (χ0) is 18.7. The molecule has 7 heteroatoms. The minimum atomic E-state index is -0.725. The van der Waals surface area contributed by atoms with Crippen molar-refractivity contribution in [2.45, 2.75) is 25.8 Å². The largest absolute Gasteiger partial charge is 0.494 e. The summed E-state index contributed by atoms with van der Waals surface area (Å²) in [6.07, 6.45) is 1.59. The number of likely N-dealkylation sites (tertiary alicyclic amines) is 1. The molecule has 0 amide bonds. The topological polar surface area (TPSA) is 49.8 Å². The van der Waals surface area contributed by atoms with Gasteiger partial charge in [-0.2, -0.15) is 0 Å². The summed E-state index contributed by atoms with van der Waals surface area (Å²) in [6.45, 7) is 3.91. The van der Waals surface area contributed by atoms with Gasteiger partial charge in [-0.25, -0.2) is 0 Å². The van der Waals surface area contributed by atoms with Crippen molar-refractivity contribution in [3.05, 3.63) is 49.6 Å². The Bertz CT molecular complexity index is 782. The van der Waals surface area contributed by atoms with Gasteiger partial charge in [0, 0.05) is 21.5 Å². The summed E-state index contributed by atoms with van der Waals surface area (Å²) in [5.74, 6) is -0.246. The van der Waals surface area contributed by atoms with Crippen LogP contribution in [0.25, 0.3) is 0 Å². The average molecular weight is 459 g/mol. The quantitative estimate of drug-likeness (QED) is 0.625. The third kappa shape index (κ3) is 4.42. The molecule has 2 aromatic rings. The first-order chi connectivity index (χ1) is 12.5. The fourth-order valence-electron chi connectivity index (χ4n) is 3.47. The van der Waals surface area contributed by atoms with E-state index in [9.17, 15) is 9.90 Å². The van der Waals surface area contributed by atoms with E-state index in [1.165, 1.54) is 11.3 Å². The maximum Gasteiger partial charge on any atom is 0.307 e. The lowest BCUT2D eigenvalue weighted by atomic mass is 9.94. The normalized spacial score (nSPS) is 19.3. The number of thiophene rings is 1. The maximum absolute atomic E-state index is 11.5. The summed E-state index contributed by atoms with van der Waals surface area (Å²) in [5.41, 5.74) is 1.03. The zero-order valence-electron chi connectivity index (χ0n) is 14.5. The minimum absolute atomic E-state index is 0.0753. The van der Waals surface area contributed by atoms with Gasteiger partial charge in [0.25, 0.3) is 0 Å². The van der Waals surface area contributed by atoms with E-state index in [1.54, 1.807) is 0 Å². The maximum atomic E-state index is 11.5. The zero-order valence-corrected chi connectivity index (χ0v) is 17.6. The molecule has 2 heterocycles. The van der Waals surface area contributed by atoms with Crippen LogP contribution in [0.15, 0.2) is 34.8 Å². The van der Waals surface area contributed by atoms with Crippen molar-refractivity contribution < 1.29 is 14.6 Å². The molecule has 3 rings (SSSR count). The van der Waals surface area contributed by atoms with Gasteiger partial charge in [-0.1, -0.05) is 27.5 Å². The Kier molecular flexibility index (Phi) is 6.61. The Balaban J connectivity index is 2.05. The lowest BCUT2D eigenvalue weighted by Gasteiger charge is -2.37. The van der Waals surface area contributed by atoms with Crippen LogP contribution in [0.5, 0.6) is 5.75 Å². The molecular weight excluding hydrogens is 438 g/mol. The number of hydrogen-bond donors (Lipinski definition) is 1. The molecule has 0 aliphatic carbocycles. The molecule has 0 spiro atoms. The second-order valence-corrected chi connectivity index (χ2v) is 8.99. The van der Waals surface area contributed by atoms with Gasteiger partial charge >= 0.3 is 5.97 Å². The summed E-state index contributed by atoms with van der Waals surface area (Å²) in [6, 6.07) is 9.83. The third-order valence-electron chi connectivity index (χ3n) is 4.60. The Labute approximate surface area is 170 Å². The molecule has 0 bridgehead atoms. The van der Waals surface area contributed by atoms with Crippen LogP contribution in [-0.4, -0.2) is 35.7 Å². The van der Waals surface area contributed by atoms with Crippen LogP contribution in [0.4, 0.5) is 0 Å². The van der Waals surface area contributed by atoms with Crippen LogP contribution in [0, 0.1) is 5.92 Å². The molecule has 1 fully saturated rings. The van der Waals surface area contributed by atoms with Crippen molar-refractivity contribution in [2.75, 3.05) is 19.7 Å². The van der Waals surface area contributed by atoms with Gasteiger partial charge < -0.3 is 9.84 Å². The highest BCUT2D eigenvalue weighted by Crippen LogP contribution is 2.41. The lowest BCUT2D eigenvalue weighted by Crippen LogP contribution is -2.41. The molecular formula is C19H21BrClNO3S. The molecule has 140 valence electrons. The van der Waals surface area contributed by atoms with E-state index < -0.39 is 5.97 Å². The van der Waals surface area contributed by atoms with E-state index >= 15 is 0 Å². The SMILES string of the molecule is CCOc1ccc(Br)cc1C(c1ccc(Cl)s1)N1CCCC(C(=O)O)C1. The number of benzene rings is 1. The number of piperidine rings is 1. The van der Waals surface area contributed by atoms with E-state index in [0.29, 0.717) is 13.2 Å². The predicted octanol–water partition coefficient (Wildman–Crippen LogP) is 5.45. The number of aliphatic carboxylic acids is 1. The minimum Gasteiger partial charge on any atom is -0.494 e. The Morgan fingerprint density at radius 1 is 1.46 bits per heavy atom. The number of carboxylic acid groups (broad SMARTS) is 1. The molecule has 1 N–H and O–H groups in total. The standard InChI is InChI=1S/C19H21BrClNO3S/c1-2-25-15-6-5-13(20)10-14(15)18(16-7-8-17(21)26-16)22-9-3-4-12(11-22)19(23)24/h5-8,10,12,18H,2-4,9,11H2,1H3,(H,23,24). The fourth-order valence-corrected chi connectivity index (χ4v) is 5.06. The van der Waals surface area contributed by atoms with E-state index in [0.717, 1.165) is 44.4 Å². The van der Waals surface area contributed by atoms with Crippen molar-refractivity contribution in [3.63, 3.8) is 0 Å². The first-order valence-electron chi connectivity index (χ1n) is 8.64. The van der Waals surface area contributed by atoms with Crippen LogP contribution in [0.3, 0.4) is 0 Å². The number of hydrogen-bond acceptors (Lipinski definition) is 4. The molecule has 4 nitrogen and oxygen atoms in total. The number of halogens is 2. The van der Waals surface area contributed by atoms with Gasteiger partial charge in [0.2, 0.25) is 0 Å². The van der Waals surface area contributed by atoms with Crippen molar-refractivity contribution in [2.24, 2.45) is 5.92 Å². The summed E-state index contributed by atoms with van der Waals surface area (Å²) in [5, 5.41) is 9.49. The number of carbonyl (C=O) groups is 1. The van der Waals surface area contributed by atoms with Crippen molar-refractivity contribution in [1.29, 1.82) is 0 Å².